The van der Waals surface area contributed by atoms with E-state index in [0.717, 1.165) is 42.0 Å². The first-order valence-corrected chi connectivity index (χ1v) is 10.6. The first-order chi connectivity index (χ1) is 13.9. The van der Waals surface area contributed by atoms with E-state index in [9.17, 15) is 5.11 Å². The molecular weight excluding hydrogens is 368 g/mol. The molecule has 0 amide bonds. The van der Waals surface area contributed by atoms with Crippen LogP contribution in [0.5, 0.6) is 11.5 Å². The maximum atomic E-state index is 10.4. The zero-order valence-electron chi connectivity index (χ0n) is 18.0. The van der Waals surface area contributed by atoms with E-state index in [0.29, 0.717) is 18.6 Å². The predicted octanol–water partition coefficient (Wildman–Crippen LogP) is 3.87. The number of nitrogens with one attached hydrogen (secondary N) is 1. The molecule has 0 radical (unpaired) electrons. The molecule has 0 spiro atoms. The molecule has 1 aliphatic carbocycles. The third-order valence-corrected chi connectivity index (χ3v) is 5.29. The Balaban J connectivity index is 1.56. The standard InChI is InChI=1S/C23H34N2O4/c1-16(2)25(17(3)4)13-20(26)14-29-24-21-8-6-5-7-19(21)11-18-9-10-22-23(12-18)28-15-27-22/h8-12,16-17,20,24,26H,5-7,13-15H2,1-4H3/t20-/m0/s1. The van der Waals surface area contributed by atoms with E-state index in [1.54, 1.807) is 0 Å². The van der Waals surface area contributed by atoms with Gasteiger partial charge in [0.1, 0.15) is 6.61 Å². The smallest absolute Gasteiger partial charge is 0.231 e. The van der Waals surface area contributed by atoms with Gasteiger partial charge in [-0.2, -0.15) is 0 Å². The van der Waals surface area contributed by atoms with Gasteiger partial charge in [0.2, 0.25) is 6.79 Å². The number of rotatable bonds is 9. The van der Waals surface area contributed by atoms with Gasteiger partial charge in [-0.15, -0.1) is 0 Å². The molecule has 0 saturated heterocycles. The fourth-order valence-corrected chi connectivity index (χ4v) is 3.80. The zero-order chi connectivity index (χ0) is 20.8. The van der Waals surface area contributed by atoms with Gasteiger partial charge in [-0.3, -0.25) is 15.2 Å². The summed E-state index contributed by atoms with van der Waals surface area (Å²) >= 11 is 0. The Morgan fingerprint density at radius 3 is 2.69 bits per heavy atom. The Kier molecular flexibility index (Phi) is 7.58. The molecular formula is C23H34N2O4. The lowest BCUT2D eigenvalue weighted by atomic mass is 9.96. The molecule has 6 nitrogen and oxygen atoms in total. The van der Waals surface area contributed by atoms with Gasteiger partial charge in [0.25, 0.3) is 0 Å². The molecule has 3 rings (SSSR count). The van der Waals surface area contributed by atoms with Crippen molar-refractivity contribution in [3.63, 3.8) is 0 Å². The maximum Gasteiger partial charge on any atom is 0.231 e. The highest BCUT2D eigenvalue weighted by Crippen LogP contribution is 2.34. The Morgan fingerprint density at radius 1 is 1.17 bits per heavy atom. The maximum absolute atomic E-state index is 10.4. The number of nitrogens with zero attached hydrogens (tertiary/aromatic N) is 1. The van der Waals surface area contributed by atoms with Crippen molar-refractivity contribution in [3.8, 4) is 11.5 Å². The highest BCUT2D eigenvalue weighted by atomic mass is 16.7. The van der Waals surface area contributed by atoms with E-state index in [1.807, 2.05) is 18.2 Å². The summed E-state index contributed by atoms with van der Waals surface area (Å²) < 4.78 is 10.9. The van der Waals surface area contributed by atoms with Gasteiger partial charge < -0.3 is 14.6 Å². The molecule has 0 aromatic heterocycles. The third-order valence-electron chi connectivity index (χ3n) is 5.29. The monoisotopic (exact) mass is 402 g/mol. The summed E-state index contributed by atoms with van der Waals surface area (Å²) in [7, 11) is 0. The molecule has 1 heterocycles. The van der Waals surface area contributed by atoms with Crippen LogP contribution in [0.3, 0.4) is 0 Å². The summed E-state index contributed by atoms with van der Waals surface area (Å²) in [5.74, 6) is 1.58. The van der Waals surface area contributed by atoms with E-state index < -0.39 is 6.10 Å². The molecule has 1 aromatic carbocycles. The van der Waals surface area contributed by atoms with Crippen LogP contribution >= 0.6 is 0 Å². The van der Waals surface area contributed by atoms with Crippen LogP contribution in [0.1, 0.15) is 52.5 Å². The van der Waals surface area contributed by atoms with Crippen LogP contribution in [-0.2, 0) is 4.84 Å². The summed E-state index contributed by atoms with van der Waals surface area (Å²) in [5.41, 5.74) is 6.31. The lowest BCUT2D eigenvalue weighted by Gasteiger charge is -2.32. The Morgan fingerprint density at radius 2 is 1.93 bits per heavy atom. The highest BCUT2D eigenvalue weighted by molar-refractivity contribution is 5.62. The quantitative estimate of drug-likeness (QED) is 0.612. The molecule has 29 heavy (non-hydrogen) atoms. The summed E-state index contributed by atoms with van der Waals surface area (Å²) in [6, 6.07) is 6.74. The SMILES string of the molecule is CC(C)N(C[C@H](O)CONC1=CCCCC1=Cc1ccc2c(c1)OCO2)C(C)C. The van der Waals surface area contributed by atoms with Crippen LogP contribution in [0.4, 0.5) is 0 Å². The molecule has 1 aromatic rings. The number of aliphatic hydroxyl groups is 1. The summed E-state index contributed by atoms with van der Waals surface area (Å²) in [5, 5.41) is 10.4. The fourth-order valence-electron chi connectivity index (χ4n) is 3.80. The topological polar surface area (TPSA) is 63.2 Å². The van der Waals surface area contributed by atoms with Gasteiger partial charge in [-0.25, -0.2) is 0 Å². The lowest BCUT2D eigenvalue weighted by molar-refractivity contribution is -0.0258. The number of hydroxylamine groups is 1. The van der Waals surface area contributed by atoms with Gasteiger partial charge in [-0.1, -0.05) is 12.1 Å². The van der Waals surface area contributed by atoms with E-state index in [2.05, 4.69) is 50.2 Å². The predicted molar refractivity (Wildman–Crippen MR) is 115 cm³/mol. The van der Waals surface area contributed by atoms with Gasteiger partial charge in [-0.05, 0) is 76.3 Å². The van der Waals surface area contributed by atoms with Crippen molar-refractivity contribution in [2.45, 2.75) is 65.1 Å². The molecule has 0 unspecified atom stereocenters. The van der Waals surface area contributed by atoms with Crippen LogP contribution in [0, 0.1) is 0 Å². The second-order valence-corrected chi connectivity index (χ2v) is 8.24. The molecule has 0 bridgehead atoms. The van der Waals surface area contributed by atoms with Crippen LogP contribution < -0.4 is 15.0 Å². The average molecular weight is 403 g/mol. The highest BCUT2D eigenvalue weighted by Gasteiger charge is 2.19. The molecule has 6 heteroatoms. The molecule has 160 valence electrons. The van der Waals surface area contributed by atoms with Crippen molar-refractivity contribution < 1.29 is 19.4 Å². The molecule has 2 N–H and O–H groups in total. The molecule has 2 aliphatic rings. The molecule has 0 fully saturated rings. The minimum absolute atomic E-state index is 0.241. The molecule has 0 saturated carbocycles. The van der Waals surface area contributed by atoms with Crippen LogP contribution in [0.2, 0.25) is 0 Å². The second kappa shape index (κ2) is 10.1. The number of hydrogen-bond donors (Lipinski definition) is 2. The Labute approximate surface area is 174 Å². The first kappa shape index (κ1) is 21.7. The van der Waals surface area contributed by atoms with Crippen molar-refractivity contribution in [1.82, 2.24) is 10.4 Å². The lowest BCUT2D eigenvalue weighted by Crippen LogP contribution is -2.43. The van der Waals surface area contributed by atoms with Crippen molar-refractivity contribution >= 4 is 6.08 Å². The molecule has 1 aliphatic heterocycles. The number of aliphatic hydroxyl groups excluding tert-OH is 1. The van der Waals surface area contributed by atoms with Crippen molar-refractivity contribution in [1.29, 1.82) is 0 Å². The zero-order valence-corrected chi connectivity index (χ0v) is 18.0. The number of fused-ring (bicyclic) bond motifs is 1. The van der Waals surface area contributed by atoms with Gasteiger partial charge in [0.15, 0.2) is 11.5 Å². The van der Waals surface area contributed by atoms with E-state index in [4.69, 9.17) is 14.3 Å². The van der Waals surface area contributed by atoms with Crippen molar-refractivity contribution in [2.75, 3.05) is 19.9 Å². The normalized spacial score (nSPS) is 18.6. The fraction of sp³-hybridized carbons (Fsp3) is 0.565. The van der Waals surface area contributed by atoms with E-state index in [1.165, 1.54) is 5.57 Å². The molecule has 1 atom stereocenters. The van der Waals surface area contributed by atoms with Gasteiger partial charge in [0, 0.05) is 18.6 Å². The van der Waals surface area contributed by atoms with Crippen LogP contribution in [0.15, 0.2) is 35.5 Å². The van der Waals surface area contributed by atoms with Crippen LogP contribution in [-0.4, -0.2) is 48.1 Å². The van der Waals surface area contributed by atoms with Crippen molar-refractivity contribution in [2.24, 2.45) is 0 Å². The minimum atomic E-state index is -0.544. The summed E-state index contributed by atoms with van der Waals surface area (Å²) in [4.78, 5) is 7.92. The number of ether oxygens (including phenoxy) is 2. The number of allylic oxidation sites excluding steroid dienone is 2. The Bertz CT molecular complexity index is 734. The second-order valence-electron chi connectivity index (χ2n) is 8.24. The van der Waals surface area contributed by atoms with Crippen LogP contribution in [0.25, 0.3) is 6.08 Å². The van der Waals surface area contributed by atoms with Gasteiger partial charge >= 0.3 is 0 Å². The largest absolute Gasteiger partial charge is 0.454 e. The minimum Gasteiger partial charge on any atom is -0.454 e. The van der Waals surface area contributed by atoms with Gasteiger partial charge in [0.05, 0.1) is 11.8 Å². The first-order valence-electron chi connectivity index (χ1n) is 10.6. The average Bonchev–Trinajstić information content (AvgIpc) is 3.15. The Hall–Kier alpha value is -2.02. The number of hydrogen-bond acceptors (Lipinski definition) is 6. The van der Waals surface area contributed by atoms with E-state index in [-0.39, 0.29) is 13.4 Å². The van der Waals surface area contributed by atoms with E-state index >= 15 is 0 Å². The summed E-state index contributed by atoms with van der Waals surface area (Å²) in [6.07, 6.45) is 6.87. The van der Waals surface area contributed by atoms with Crippen molar-refractivity contribution in [3.05, 3.63) is 41.1 Å². The number of benzene rings is 1. The summed E-state index contributed by atoms with van der Waals surface area (Å²) in [6.45, 7) is 9.69. The third kappa shape index (κ3) is 5.98.